The quantitative estimate of drug-likeness (QED) is 0.594. The van der Waals surface area contributed by atoms with Crippen LogP contribution in [0.5, 0.6) is 0 Å². The third-order valence-electron chi connectivity index (χ3n) is 3.56. The fourth-order valence-corrected chi connectivity index (χ4v) is 2.94. The summed E-state index contributed by atoms with van der Waals surface area (Å²) >= 11 is 1.02. The van der Waals surface area contributed by atoms with Crippen LogP contribution in [0.15, 0.2) is 36.5 Å². The lowest BCUT2D eigenvalue weighted by atomic mass is 9.95. The highest BCUT2D eigenvalue weighted by Gasteiger charge is 2.51. The maximum Gasteiger partial charge on any atom is 0.286 e. The zero-order valence-electron chi connectivity index (χ0n) is 11.0. The van der Waals surface area contributed by atoms with E-state index in [0.717, 1.165) is 29.7 Å². The van der Waals surface area contributed by atoms with Gasteiger partial charge >= 0.3 is 0 Å². The van der Waals surface area contributed by atoms with Crippen molar-refractivity contribution in [3.8, 4) is 0 Å². The molecule has 0 atom stereocenters. The average molecular weight is 303 g/mol. The molecule has 2 aromatic rings. The van der Waals surface area contributed by atoms with Gasteiger partial charge in [0.15, 0.2) is 5.13 Å². The number of hydrogen-bond acceptors (Lipinski definition) is 5. The predicted octanol–water partition coefficient (Wildman–Crippen LogP) is 1.93. The molecule has 0 bridgehead atoms. The molecule has 1 heterocycles. The number of hydrogen-bond donors (Lipinski definition) is 3. The molecule has 0 radical (unpaired) electrons. The SMILES string of the molecule is O=C(NO)c1cnc(NC(=O)C2(c3ccccc3)CC2)s1. The Balaban J connectivity index is 1.75. The van der Waals surface area contributed by atoms with Crippen LogP contribution < -0.4 is 10.8 Å². The average Bonchev–Trinajstić information content (AvgIpc) is 3.22. The zero-order chi connectivity index (χ0) is 14.9. The summed E-state index contributed by atoms with van der Waals surface area (Å²) in [6, 6.07) is 9.63. The van der Waals surface area contributed by atoms with Crippen molar-refractivity contribution >= 4 is 28.3 Å². The highest BCUT2D eigenvalue weighted by atomic mass is 32.1. The number of anilines is 1. The van der Waals surface area contributed by atoms with Gasteiger partial charge in [-0.05, 0) is 18.4 Å². The van der Waals surface area contributed by atoms with Gasteiger partial charge < -0.3 is 5.32 Å². The van der Waals surface area contributed by atoms with Gasteiger partial charge in [0.05, 0.1) is 11.6 Å². The first-order valence-electron chi connectivity index (χ1n) is 6.43. The Hall–Kier alpha value is -2.25. The van der Waals surface area contributed by atoms with Gasteiger partial charge in [0, 0.05) is 0 Å². The predicted molar refractivity (Wildman–Crippen MR) is 77.4 cm³/mol. The first-order chi connectivity index (χ1) is 10.2. The summed E-state index contributed by atoms with van der Waals surface area (Å²) < 4.78 is 0. The van der Waals surface area contributed by atoms with Crippen LogP contribution in [-0.2, 0) is 10.2 Å². The van der Waals surface area contributed by atoms with Crippen molar-refractivity contribution in [3.63, 3.8) is 0 Å². The molecule has 108 valence electrons. The van der Waals surface area contributed by atoms with Gasteiger partial charge in [0.1, 0.15) is 4.88 Å². The van der Waals surface area contributed by atoms with Gasteiger partial charge in [0.2, 0.25) is 5.91 Å². The minimum atomic E-state index is -0.641. The summed E-state index contributed by atoms with van der Waals surface area (Å²) in [5, 5.41) is 11.7. The number of aromatic nitrogens is 1. The number of nitrogens with zero attached hydrogens (tertiary/aromatic N) is 1. The summed E-state index contributed by atoms with van der Waals surface area (Å²) in [6.07, 6.45) is 2.92. The molecule has 6 nitrogen and oxygen atoms in total. The van der Waals surface area contributed by atoms with E-state index >= 15 is 0 Å². The van der Waals surface area contributed by atoms with Crippen LogP contribution in [0, 0.1) is 0 Å². The van der Waals surface area contributed by atoms with Crippen molar-refractivity contribution in [3.05, 3.63) is 47.0 Å². The summed E-state index contributed by atoms with van der Waals surface area (Å²) in [6.45, 7) is 0. The van der Waals surface area contributed by atoms with Crippen molar-refractivity contribution < 1.29 is 14.8 Å². The second kappa shape index (κ2) is 5.27. The number of carbonyl (C=O) groups is 2. The number of rotatable bonds is 4. The Bertz CT molecular complexity index is 680. The third kappa shape index (κ3) is 2.53. The molecule has 1 aliphatic rings. The molecular weight excluding hydrogens is 290 g/mol. The standard InChI is InChI=1S/C14H13N3O3S/c18-11(17-20)10-8-15-13(21-10)16-12(19)14(6-7-14)9-4-2-1-3-5-9/h1-5,8,20H,6-7H2,(H,17,18)(H,15,16,19). The minimum Gasteiger partial charge on any atom is -0.301 e. The van der Waals surface area contributed by atoms with Gasteiger partial charge in [-0.3, -0.25) is 14.8 Å². The molecule has 1 aliphatic carbocycles. The van der Waals surface area contributed by atoms with E-state index in [1.807, 2.05) is 30.3 Å². The molecule has 0 unspecified atom stereocenters. The normalized spacial score (nSPS) is 15.3. The van der Waals surface area contributed by atoms with E-state index in [9.17, 15) is 9.59 Å². The molecule has 21 heavy (non-hydrogen) atoms. The molecular formula is C14H13N3O3S. The van der Waals surface area contributed by atoms with Crippen LogP contribution in [0.1, 0.15) is 28.1 Å². The fraction of sp³-hybridized carbons (Fsp3) is 0.214. The van der Waals surface area contributed by atoms with Crippen molar-refractivity contribution in [2.24, 2.45) is 0 Å². The minimum absolute atomic E-state index is 0.112. The largest absolute Gasteiger partial charge is 0.301 e. The number of nitrogens with one attached hydrogen (secondary N) is 2. The van der Waals surface area contributed by atoms with Gasteiger partial charge in [-0.2, -0.15) is 0 Å². The monoisotopic (exact) mass is 303 g/mol. The summed E-state index contributed by atoms with van der Waals surface area (Å²) in [7, 11) is 0. The first-order valence-corrected chi connectivity index (χ1v) is 7.24. The molecule has 1 aromatic heterocycles. The van der Waals surface area contributed by atoms with Gasteiger partial charge in [-0.25, -0.2) is 10.5 Å². The Kier molecular flexibility index (Phi) is 3.44. The molecule has 0 spiro atoms. The van der Waals surface area contributed by atoms with Crippen LogP contribution in [0.2, 0.25) is 0 Å². The van der Waals surface area contributed by atoms with E-state index in [2.05, 4.69) is 10.3 Å². The topological polar surface area (TPSA) is 91.3 Å². The molecule has 3 N–H and O–H groups in total. The summed E-state index contributed by atoms with van der Waals surface area (Å²) in [5.41, 5.74) is 2.05. The Morgan fingerprint density at radius 3 is 2.57 bits per heavy atom. The lowest BCUT2D eigenvalue weighted by Crippen LogP contribution is -2.27. The van der Waals surface area contributed by atoms with Crippen LogP contribution >= 0.6 is 11.3 Å². The van der Waals surface area contributed by atoms with E-state index in [4.69, 9.17) is 5.21 Å². The smallest absolute Gasteiger partial charge is 0.286 e. The molecule has 1 aromatic carbocycles. The van der Waals surface area contributed by atoms with E-state index in [1.165, 1.54) is 11.7 Å². The van der Waals surface area contributed by atoms with Gasteiger partial charge in [-0.15, -0.1) is 0 Å². The maximum atomic E-state index is 12.5. The van der Waals surface area contributed by atoms with E-state index in [0.29, 0.717) is 5.13 Å². The Labute approximate surface area is 124 Å². The van der Waals surface area contributed by atoms with Gasteiger partial charge in [-0.1, -0.05) is 41.7 Å². The molecule has 0 aliphatic heterocycles. The second-order valence-electron chi connectivity index (χ2n) is 4.87. The van der Waals surface area contributed by atoms with Crippen LogP contribution in [0.4, 0.5) is 5.13 Å². The van der Waals surface area contributed by atoms with Crippen molar-refractivity contribution in [1.82, 2.24) is 10.5 Å². The van der Waals surface area contributed by atoms with Crippen LogP contribution in [0.3, 0.4) is 0 Å². The molecule has 0 saturated heterocycles. The number of amides is 2. The van der Waals surface area contributed by atoms with Gasteiger partial charge in [0.25, 0.3) is 5.91 Å². The van der Waals surface area contributed by atoms with E-state index in [-0.39, 0.29) is 10.8 Å². The summed E-state index contributed by atoms with van der Waals surface area (Å²) in [5.74, 6) is -0.754. The molecule has 1 fully saturated rings. The lowest BCUT2D eigenvalue weighted by Gasteiger charge is -2.14. The van der Waals surface area contributed by atoms with Crippen molar-refractivity contribution in [2.45, 2.75) is 18.3 Å². The molecule has 1 saturated carbocycles. The molecule has 7 heteroatoms. The highest BCUT2D eigenvalue weighted by molar-refractivity contribution is 7.17. The Morgan fingerprint density at radius 1 is 1.24 bits per heavy atom. The number of hydroxylamine groups is 1. The fourth-order valence-electron chi connectivity index (χ4n) is 2.24. The van der Waals surface area contributed by atoms with Crippen LogP contribution in [0.25, 0.3) is 0 Å². The number of benzene rings is 1. The zero-order valence-corrected chi connectivity index (χ0v) is 11.8. The summed E-state index contributed by atoms with van der Waals surface area (Å²) in [4.78, 5) is 27.9. The number of thiazole rings is 1. The van der Waals surface area contributed by atoms with E-state index < -0.39 is 11.3 Å². The number of carbonyl (C=O) groups excluding carboxylic acids is 2. The van der Waals surface area contributed by atoms with Crippen molar-refractivity contribution in [1.29, 1.82) is 0 Å². The van der Waals surface area contributed by atoms with Crippen molar-refractivity contribution in [2.75, 3.05) is 5.32 Å². The lowest BCUT2D eigenvalue weighted by molar-refractivity contribution is -0.118. The molecule has 2 amide bonds. The van der Waals surface area contributed by atoms with Crippen LogP contribution in [-0.4, -0.2) is 22.0 Å². The van der Waals surface area contributed by atoms with E-state index in [1.54, 1.807) is 0 Å². The second-order valence-corrected chi connectivity index (χ2v) is 5.90. The third-order valence-corrected chi connectivity index (χ3v) is 4.47. The first kappa shape index (κ1) is 13.7. The molecule has 3 rings (SSSR count). The maximum absolute atomic E-state index is 12.5. The highest BCUT2D eigenvalue weighted by Crippen LogP contribution is 2.49. The Morgan fingerprint density at radius 2 is 1.95 bits per heavy atom.